The third kappa shape index (κ3) is 5.51. The summed E-state index contributed by atoms with van der Waals surface area (Å²) in [7, 11) is 0. The molecule has 1 aliphatic rings. The number of hydrogen-bond acceptors (Lipinski definition) is 3. The Morgan fingerprint density at radius 1 is 1.15 bits per heavy atom. The first-order valence-corrected chi connectivity index (χ1v) is 9.67. The molecule has 1 amide bonds. The molecular formula is C21H25ClFN3O. The van der Waals surface area contributed by atoms with Crippen molar-refractivity contribution in [1.82, 2.24) is 9.80 Å². The molecule has 0 aromatic heterocycles. The van der Waals surface area contributed by atoms with Crippen molar-refractivity contribution in [2.75, 3.05) is 38.0 Å². The average molecular weight is 390 g/mol. The Kier molecular flexibility index (Phi) is 6.83. The van der Waals surface area contributed by atoms with E-state index in [4.69, 9.17) is 11.6 Å². The lowest BCUT2D eigenvalue weighted by atomic mass is 10.1. The van der Waals surface area contributed by atoms with Crippen LogP contribution in [0.4, 0.5) is 10.1 Å². The summed E-state index contributed by atoms with van der Waals surface area (Å²) in [4.78, 5) is 17.0. The van der Waals surface area contributed by atoms with Gasteiger partial charge in [0.05, 0.1) is 6.04 Å². The lowest BCUT2D eigenvalue weighted by Gasteiger charge is -2.37. The molecule has 3 rings (SSSR count). The third-order valence-corrected chi connectivity index (χ3v) is 5.45. The fourth-order valence-corrected chi connectivity index (χ4v) is 3.56. The summed E-state index contributed by atoms with van der Waals surface area (Å²) in [5, 5.41) is 3.61. The van der Waals surface area contributed by atoms with Crippen LogP contribution in [0.2, 0.25) is 5.02 Å². The first kappa shape index (κ1) is 19.8. The summed E-state index contributed by atoms with van der Waals surface area (Å²) >= 11 is 6.22. The molecule has 2 aromatic rings. The normalized spacial score (nSPS) is 16.9. The SMILES string of the molecule is CC(C(=O)Nc1cccc(F)c1)N1CCN(CCc2ccccc2Cl)CC1. The van der Waals surface area contributed by atoms with Crippen molar-refractivity contribution in [2.45, 2.75) is 19.4 Å². The molecule has 6 heteroatoms. The summed E-state index contributed by atoms with van der Waals surface area (Å²) in [5.41, 5.74) is 1.66. The van der Waals surface area contributed by atoms with Crippen molar-refractivity contribution in [1.29, 1.82) is 0 Å². The number of carbonyl (C=O) groups excluding carboxylic acids is 1. The van der Waals surface area contributed by atoms with Crippen LogP contribution in [0, 0.1) is 5.82 Å². The standard InChI is InChI=1S/C21H25ClFN3O/c1-16(21(27)24-19-7-4-6-18(23)15-19)26-13-11-25(12-14-26)10-9-17-5-2-3-8-20(17)22/h2-8,15-16H,9-14H2,1H3,(H,24,27). The number of rotatable bonds is 6. The quantitative estimate of drug-likeness (QED) is 0.818. The fraction of sp³-hybridized carbons (Fsp3) is 0.381. The number of nitrogens with zero attached hydrogens (tertiary/aromatic N) is 2. The van der Waals surface area contributed by atoms with Gasteiger partial charge in [-0.15, -0.1) is 0 Å². The molecule has 1 aliphatic heterocycles. The Labute approximate surface area is 164 Å². The summed E-state index contributed by atoms with van der Waals surface area (Å²) in [6.07, 6.45) is 0.926. The number of amides is 1. The van der Waals surface area contributed by atoms with Crippen molar-refractivity contribution >= 4 is 23.2 Å². The number of carbonyl (C=O) groups is 1. The van der Waals surface area contributed by atoms with Gasteiger partial charge in [-0.2, -0.15) is 0 Å². The molecule has 1 N–H and O–H groups in total. The number of benzene rings is 2. The van der Waals surface area contributed by atoms with Gasteiger partial charge in [0, 0.05) is 43.4 Å². The van der Waals surface area contributed by atoms with Crippen molar-refractivity contribution in [3.8, 4) is 0 Å². The molecule has 144 valence electrons. The van der Waals surface area contributed by atoms with Gasteiger partial charge in [0.15, 0.2) is 0 Å². The Morgan fingerprint density at radius 3 is 2.59 bits per heavy atom. The molecule has 1 atom stereocenters. The Balaban J connectivity index is 1.45. The van der Waals surface area contributed by atoms with Crippen LogP contribution in [0.1, 0.15) is 12.5 Å². The fourth-order valence-electron chi connectivity index (χ4n) is 3.33. The summed E-state index contributed by atoms with van der Waals surface area (Å²) in [5.74, 6) is -0.460. The predicted octanol–water partition coefficient (Wildman–Crippen LogP) is 3.67. The third-order valence-electron chi connectivity index (χ3n) is 5.08. The van der Waals surface area contributed by atoms with Crippen LogP contribution in [0.5, 0.6) is 0 Å². The van der Waals surface area contributed by atoms with Gasteiger partial charge in [0.2, 0.25) is 5.91 Å². The predicted molar refractivity (Wildman–Crippen MR) is 108 cm³/mol. The van der Waals surface area contributed by atoms with E-state index in [1.807, 2.05) is 25.1 Å². The van der Waals surface area contributed by atoms with Crippen molar-refractivity contribution in [3.63, 3.8) is 0 Å². The average Bonchev–Trinajstić information content (AvgIpc) is 2.67. The van der Waals surface area contributed by atoms with Crippen LogP contribution in [-0.4, -0.2) is 54.5 Å². The van der Waals surface area contributed by atoms with Gasteiger partial charge in [-0.1, -0.05) is 35.9 Å². The summed E-state index contributed by atoms with van der Waals surface area (Å²) < 4.78 is 13.3. The van der Waals surface area contributed by atoms with E-state index in [-0.39, 0.29) is 17.8 Å². The highest BCUT2D eigenvalue weighted by atomic mass is 35.5. The highest BCUT2D eigenvalue weighted by Gasteiger charge is 2.25. The van der Waals surface area contributed by atoms with Gasteiger partial charge < -0.3 is 10.2 Å². The monoisotopic (exact) mass is 389 g/mol. The van der Waals surface area contributed by atoms with Crippen molar-refractivity contribution in [2.24, 2.45) is 0 Å². The highest BCUT2D eigenvalue weighted by molar-refractivity contribution is 6.31. The molecule has 1 unspecified atom stereocenters. The molecule has 1 saturated heterocycles. The van der Waals surface area contributed by atoms with Crippen molar-refractivity contribution < 1.29 is 9.18 Å². The molecule has 1 fully saturated rings. The Hall–Kier alpha value is -1.95. The minimum atomic E-state index is -0.354. The maximum Gasteiger partial charge on any atom is 0.241 e. The van der Waals surface area contributed by atoms with E-state index < -0.39 is 0 Å². The second-order valence-corrected chi connectivity index (χ2v) is 7.30. The Bertz CT molecular complexity index is 778. The molecule has 0 aliphatic carbocycles. The summed E-state index contributed by atoms with van der Waals surface area (Å²) in [6, 6.07) is 13.7. The maximum atomic E-state index is 13.3. The maximum absolute atomic E-state index is 13.3. The molecule has 0 saturated carbocycles. The molecule has 2 aromatic carbocycles. The molecule has 27 heavy (non-hydrogen) atoms. The first-order chi connectivity index (χ1) is 13.0. The molecule has 0 radical (unpaired) electrons. The van der Waals surface area contributed by atoms with E-state index in [1.54, 1.807) is 12.1 Å². The smallest absolute Gasteiger partial charge is 0.241 e. The minimum absolute atomic E-state index is 0.106. The van der Waals surface area contributed by atoms with Crippen LogP contribution in [-0.2, 0) is 11.2 Å². The lowest BCUT2D eigenvalue weighted by Crippen LogP contribution is -2.53. The number of nitrogens with one attached hydrogen (secondary N) is 1. The zero-order valence-electron chi connectivity index (χ0n) is 15.5. The van der Waals surface area contributed by atoms with E-state index in [0.717, 1.165) is 44.2 Å². The lowest BCUT2D eigenvalue weighted by molar-refractivity contribution is -0.121. The second-order valence-electron chi connectivity index (χ2n) is 6.89. The highest BCUT2D eigenvalue weighted by Crippen LogP contribution is 2.17. The van der Waals surface area contributed by atoms with Gasteiger partial charge in [-0.25, -0.2) is 4.39 Å². The van der Waals surface area contributed by atoms with Crippen LogP contribution in [0.3, 0.4) is 0 Å². The van der Waals surface area contributed by atoms with Crippen LogP contribution >= 0.6 is 11.6 Å². The van der Waals surface area contributed by atoms with E-state index in [0.29, 0.717) is 5.69 Å². The number of hydrogen-bond donors (Lipinski definition) is 1. The molecular weight excluding hydrogens is 365 g/mol. The van der Waals surface area contributed by atoms with Gasteiger partial charge in [0.1, 0.15) is 5.82 Å². The van der Waals surface area contributed by atoms with Gasteiger partial charge in [-0.05, 0) is 43.2 Å². The van der Waals surface area contributed by atoms with E-state index in [9.17, 15) is 9.18 Å². The molecule has 4 nitrogen and oxygen atoms in total. The number of piperazine rings is 1. The molecule has 0 spiro atoms. The minimum Gasteiger partial charge on any atom is -0.325 e. The summed E-state index contributed by atoms with van der Waals surface area (Å²) in [6.45, 7) is 6.36. The second kappa shape index (κ2) is 9.31. The van der Waals surface area contributed by atoms with Crippen LogP contribution in [0.15, 0.2) is 48.5 Å². The van der Waals surface area contributed by atoms with Gasteiger partial charge in [0.25, 0.3) is 0 Å². The first-order valence-electron chi connectivity index (χ1n) is 9.29. The van der Waals surface area contributed by atoms with Gasteiger partial charge >= 0.3 is 0 Å². The molecule has 1 heterocycles. The van der Waals surface area contributed by atoms with Crippen LogP contribution < -0.4 is 5.32 Å². The van der Waals surface area contributed by atoms with Gasteiger partial charge in [-0.3, -0.25) is 9.69 Å². The number of halogens is 2. The van der Waals surface area contributed by atoms with Crippen molar-refractivity contribution in [3.05, 3.63) is 64.9 Å². The largest absolute Gasteiger partial charge is 0.325 e. The molecule has 0 bridgehead atoms. The van der Waals surface area contributed by atoms with E-state index in [1.165, 1.54) is 17.7 Å². The Morgan fingerprint density at radius 2 is 1.89 bits per heavy atom. The van der Waals surface area contributed by atoms with Crippen LogP contribution in [0.25, 0.3) is 0 Å². The zero-order valence-corrected chi connectivity index (χ0v) is 16.3. The topological polar surface area (TPSA) is 35.6 Å². The van der Waals surface area contributed by atoms with E-state index in [2.05, 4.69) is 21.2 Å². The number of anilines is 1. The van der Waals surface area contributed by atoms with E-state index >= 15 is 0 Å². The zero-order chi connectivity index (χ0) is 19.2.